The Balaban J connectivity index is 1.79. The number of nitrogens with one attached hydrogen (secondary N) is 1. The second kappa shape index (κ2) is 18.5. The summed E-state index contributed by atoms with van der Waals surface area (Å²) in [7, 11) is 1.50. The molecule has 2 aliphatic heterocycles. The summed E-state index contributed by atoms with van der Waals surface area (Å²) in [5, 5.41) is 35.2. The third-order valence-electron chi connectivity index (χ3n) is 8.81. The van der Waals surface area contributed by atoms with Crippen LogP contribution in [0.4, 0.5) is 0 Å². The quantitative estimate of drug-likeness (QED) is 0.280. The fourth-order valence-corrected chi connectivity index (χ4v) is 6.31. The number of rotatable bonds is 8. The second-order valence-electron chi connectivity index (χ2n) is 12.6. The lowest BCUT2D eigenvalue weighted by atomic mass is 9.92. The van der Waals surface area contributed by atoms with Crippen LogP contribution >= 0.6 is 0 Å². The Kier molecular flexibility index (Phi) is 15.1. The largest absolute Gasteiger partial charge is 0.509 e. The van der Waals surface area contributed by atoms with Crippen molar-refractivity contribution in [1.29, 1.82) is 0 Å². The van der Waals surface area contributed by atoms with Crippen LogP contribution in [0.2, 0.25) is 0 Å². The molecular weight excluding hydrogens is 578 g/mol. The Hall–Kier alpha value is -2.63. The highest BCUT2D eigenvalue weighted by Crippen LogP contribution is 2.38. The van der Waals surface area contributed by atoms with E-state index >= 15 is 0 Å². The van der Waals surface area contributed by atoms with Crippen LogP contribution in [0.25, 0.3) is 0 Å². The summed E-state index contributed by atoms with van der Waals surface area (Å²) in [5.41, 5.74) is 1.00. The Morgan fingerprint density at radius 1 is 1.04 bits per heavy atom. The van der Waals surface area contributed by atoms with Crippen LogP contribution in [0.15, 0.2) is 47.3 Å². The number of aliphatic hydroxyl groups is 3. The van der Waals surface area contributed by atoms with E-state index in [1.165, 1.54) is 13.2 Å². The normalized spacial score (nSPS) is 35.4. The molecule has 8 atom stereocenters. The number of amides is 1. The predicted molar refractivity (Wildman–Crippen MR) is 170 cm³/mol. The van der Waals surface area contributed by atoms with E-state index in [9.17, 15) is 29.7 Å². The first kappa shape index (κ1) is 36.8. The summed E-state index contributed by atoms with van der Waals surface area (Å²) < 4.78 is 17.3. The number of unbranched alkanes of at least 4 members (excludes halogenated alkanes) is 3. The first-order valence-corrected chi connectivity index (χ1v) is 16.5. The van der Waals surface area contributed by atoms with Gasteiger partial charge in [0.15, 0.2) is 12.1 Å². The predicted octanol–water partition coefficient (Wildman–Crippen LogP) is 4.69. The average Bonchev–Trinajstić information content (AvgIpc) is 3.28. The molecule has 0 bridgehead atoms. The lowest BCUT2D eigenvalue weighted by Gasteiger charge is -2.37. The molecule has 8 unspecified atom stereocenters. The van der Waals surface area contributed by atoms with Crippen molar-refractivity contribution in [2.45, 2.75) is 141 Å². The Labute approximate surface area is 267 Å². The number of aliphatic hydroxyl groups excluding tert-OH is 3. The number of ketones is 2. The highest BCUT2D eigenvalue weighted by molar-refractivity contribution is 5.97. The van der Waals surface area contributed by atoms with Gasteiger partial charge in [-0.15, -0.1) is 0 Å². The fraction of sp³-hybridized carbons (Fsp3) is 0.686. The highest BCUT2D eigenvalue weighted by atomic mass is 16.7. The first-order valence-electron chi connectivity index (χ1n) is 16.5. The molecule has 45 heavy (non-hydrogen) atoms. The van der Waals surface area contributed by atoms with Gasteiger partial charge in [0, 0.05) is 56.4 Å². The van der Waals surface area contributed by atoms with Gasteiger partial charge in [0.25, 0.3) is 0 Å². The second-order valence-corrected chi connectivity index (χ2v) is 12.6. The van der Waals surface area contributed by atoms with Crippen molar-refractivity contribution in [1.82, 2.24) is 5.32 Å². The van der Waals surface area contributed by atoms with Gasteiger partial charge in [0.1, 0.15) is 23.8 Å². The summed E-state index contributed by atoms with van der Waals surface area (Å²) in [6, 6.07) is -0.247. The monoisotopic (exact) mass is 631 g/mol. The van der Waals surface area contributed by atoms with Crippen molar-refractivity contribution in [3.05, 3.63) is 47.3 Å². The molecule has 1 amide bonds. The van der Waals surface area contributed by atoms with Crippen LogP contribution in [0.3, 0.4) is 0 Å². The molecule has 1 saturated heterocycles. The maximum Gasteiger partial charge on any atom is 0.244 e. The van der Waals surface area contributed by atoms with E-state index in [0.717, 1.165) is 37.7 Å². The molecule has 10 heteroatoms. The highest BCUT2D eigenvalue weighted by Gasteiger charge is 2.42. The van der Waals surface area contributed by atoms with Crippen molar-refractivity contribution in [3.63, 3.8) is 0 Å². The van der Waals surface area contributed by atoms with E-state index in [4.69, 9.17) is 14.2 Å². The lowest BCUT2D eigenvalue weighted by Crippen LogP contribution is -2.49. The number of ether oxygens (including phenoxy) is 3. The van der Waals surface area contributed by atoms with E-state index in [-0.39, 0.29) is 73.4 Å². The van der Waals surface area contributed by atoms with E-state index in [0.29, 0.717) is 6.42 Å². The zero-order valence-corrected chi connectivity index (χ0v) is 27.3. The number of carbonyl (C=O) groups excluding carboxylic acids is 3. The molecule has 0 radical (unpaired) electrons. The van der Waals surface area contributed by atoms with E-state index in [1.54, 1.807) is 19.1 Å². The standard InChI is InChI=1S/C35H53NO9/c1-5-6-7-8-13-25-19-26(37)14-11-15-27(38)20-28(39)33-24(17-22(2)12-9-10-16-31(40)36-25)18-30(35(33)42)45-32-21-29(43-4)34(41)23(3)44-32/h9-10,12,16-17,23-25,27,29-30,32,34,38,41-42H,5-8,11,13-15,18-21H2,1-4H3,(H,36,40)/b12-9+,16-10+,22-17-. The molecule has 0 spiro atoms. The molecule has 0 saturated carbocycles. The Morgan fingerprint density at radius 3 is 2.53 bits per heavy atom. The smallest absolute Gasteiger partial charge is 0.244 e. The summed E-state index contributed by atoms with van der Waals surface area (Å²) in [4.78, 5) is 38.9. The van der Waals surface area contributed by atoms with Crippen molar-refractivity contribution in [2.24, 2.45) is 5.92 Å². The molecule has 1 fully saturated rings. The van der Waals surface area contributed by atoms with Crippen LogP contribution in [-0.4, -0.2) is 82.8 Å². The van der Waals surface area contributed by atoms with Crippen molar-refractivity contribution in [3.8, 4) is 0 Å². The van der Waals surface area contributed by atoms with Crippen molar-refractivity contribution < 1.29 is 43.9 Å². The molecule has 0 aromatic carbocycles. The van der Waals surface area contributed by atoms with Crippen LogP contribution in [0.5, 0.6) is 0 Å². The fourth-order valence-electron chi connectivity index (χ4n) is 6.31. The number of allylic oxidation sites excluding steroid dienone is 6. The van der Waals surface area contributed by atoms with Gasteiger partial charge in [-0.3, -0.25) is 14.4 Å². The van der Waals surface area contributed by atoms with Gasteiger partial charge in [-0.25, -0.2) is 0 Å². The molecule has 0 aromatic heterocycles. The lowest BCUT2D eigenvalue weighted by molar-refractivity contribution is -0.261. The summed E-state index contributed by atoms with van der Waals surface area (Å²) >= 11 is 0. The third kappa shape index (κ3) is 11.6. The number of carbonyl (C=O) groups is 3. The van der Waals surface area contributed by atoms with Gasteiger partial charge in [-0.1, -0.05) is 62.5 Å². The zero-order chi connectivity index (χ0) is 32.9. The van der Waals surface area contributed by atoms with Gasteiger partial charge in [-0.2, -0.15) is 0 Å². The number of methoxy groups -OCH3 is 1. The minimum atomic E-state index is -0.974. The summed E-state index contributed by atoms with van der Waals surface area (Å²) in [6.45, 7) is 5.72. The molecule has 2 heterocycles. The number of hydrogen-bond donors (Lipinski definition) is 4. The number of hydrogen-bond acceptors (Lipinski definition) is 9. The van der Waals surface area contributed by atoms with Gasteiger partial charge in [0.2, 0.25) is 5.91 Å². The molecule has 3 aliphatic rings. The SMILES string of the molecule is CCCCCCC1CC(=O)CCCC(O)CC(=O)C2=C(O)C(OC3CC(OC)C(O)C(C)O3)CC2\C=C(C)/C=C/C=C/C(=O)N1. The van der Waals surface area contributed by atoms with E-state index in [2.05, 4.69) is 12.2 Å². The van der Waals surface area contributed by atoms with E-state index in [1.807, 2.05) is 19.1 Å². The van der Waals surface area contributed by atoms with Crippen molar-refractivity contribution in [2.75, 3.05) is 7.11 Å². The van der Waals surface area contributed by atoms with Gasteiger partial charge < -0.3 is 34.8 Å². The molecule has 0 aromatic rings. The molecular formula is C35H53NO9. The minimum absolute atomic E-state index is 0.00890. The first-order chi connectivity index (χ1) is 21.5. The average molecular weight is 632 g/mol. The van der Waals surface area contributed by atoms with Gasteiger partial charge in [-0.05, 0) is 39.5 Å². The summed E-state index contributed by atoms with van der Waals surface area (Å²) in [5.74, 6) is -1.30. The topological polar surface area (TPSA) is 152 Å². The molecule has 252 valence electrons. The van der Waals surface area contributed by atoms with Gasteiger partial charge in [0.05, 0.1) is 18.3 Å². The van der Waals surface area contributed by atoms with Crippen LogP contribution < -0.4 is 5.32 Å². The Morgan fingerprint density at radius 2 is 1.80 bits per heavy atom. The van der Waals surface area contributed by atoms with Gasteiger partial charge >= 0.3 is 0 Å². The molecule has 4 N–H and O–H groups in total. The number of fused-ring (bicyclic) bond motifs is 1. The van der Waals surface area contributed by atoms with Crippen LogP contribution in [0, 0.1) is 5.92 Å². The van der Waals surface area contributed by atoms with E-state index < -0.39 is 42.7 Å². The number of Topliss-reactive ketones (excluding diaryl/α,β-unsaturated/α-hetero) is 2. The maximum atomic E-state index is 13.5. The zero-order valence-electron chi connectivity index (χ0n) is 27.3. The molecule has 10 nitrogen and oxygen atoms in total. The maximum absolute atomic E-state index is 13.5. The Bertz CT molecular complexity index is 1130. The molecule has 3 rings (SSSR count). The van der Waals surface area contributed by atoms with Crippen LogP contribution in [0.1, 0.15) is 97.8 Å². The molecule has 1 aliphatic carbocycles. The minimum Gasteiger partial charge on any atom is -0.509 e. The summed E-state index contributed by atoms with van der Waals surface area (Å²) in [6.07, 6.45) is 10.5. The third-order valence-corrected chi connectivity index (χ3v) is 8.81. The van der Waals surface area contributed by atoms with Crippen molar-refractivity contribution >= 4 is 17.5 Å². The van der Waals surface area contributed by atoms with Crippen LogP contribution in [-0.2, 0) is 28.6 Å².